The zero-order chi connectivity index (χ0) is 20.7. The zero-order valence-electron chi connectivity index (χ0n) is 17.4. The number of benzene rings is 2. The molecule has 1 unspecified atom stereocenters. The molecule has 3 aromatic rings. The Balaban J connectivity index is 1.59. The van der Waals surface area contributed by atoms with Crippen molar-refractivity contribution in [3.8, 4) is 11.5 Å². The van der Waals surface area contributed by atoms with E-state index in [2.05, 4.69) is 51.0 Å². The van der Waals surface area contributed by atoms with Crippen molar-refractivity contribution in [2.45, 2.75) is 19.4 Å². The smallest absolute Gasteiger partial charge is 0.122 e. The van der Waals surface area contributed by atoms with Crippen LogP contribution in [-0.4, -0.2) is 32.1 Å². The van der Waals surface area contributed by atoms with Crippen LogP contribution < -0.4 is 19.3 Å². The van der Waals surface area contributed by atoms with E-state index in [1.165, 1.54) is 16.9 Å². The molecule has 0 N–H and O–H groups in total. The number of ether oxygens (including phenoxy) is 2. The highest BCUT2D eigenvalue weighted by Gasteiger charge is 2.32. The second-order valence-corrected chi connectivity index (χ2v) is 7.55. The fraction of sp³-hybridized carbons (Fsp3) is 0.250. The third kappa shape index (κ3) is 3.05. The van der Waals surface area contributed by atoms with Crippen LogP contribution in [0, 0.1) is 0 Å². The summed E-state index contributed by atoms with van der Waals surface area (Å²) in [5.74, 6) is 1.59. The van der Waals surface area contributed by atoms with Crippen molar-refractivity contribution >= 4 is 29.0 Å². The third-order valence-corrected chi connectivity index (χ3v) is 5.91. The molecule has 2 aliphatic rings. The van der Waals surface area contributed by atoms with Gasteiger partial charge in [0.1, 0.15) is 11.5 Å². The van der Waals surface area contributed by atoms with E-state index >= 15 is 0 Å². The molecule has 0 saturated carbocycles. The maximum Gasteiger partial charge on any atom is 0.122 e. The van der Waals surface area contributed by atoms with Gasteiger partial charge in [0.15, 0.2) is 0 Å². The molecule has 6 heteroatoms. The van der Waals surface area contributed by atoms with Crippen molar-refractivity contribution in [3.05, 3.63) is 66.0 Å². The summed E-state index contributed by atoms with van der Waals surface area (Å²) < 4.78 is 11.0. The lowest BCUT2D eigenvalue weighted by molar-refractivity contribution is 0.392. The van der Waals surface area contributed by atoms with Gasteiger partial charge in [0.05, 0.1) is 44.0 Å². The van der Waals surface area contributed by atoms with Crippen LogP contribution in [0.15, 0.2) is 59.9 Å². The summed E-state index contributed by atoms with van der Waals surface area (Å²) in [4.78, 5) is 13.5. The van der Waals surface area contributed by atoms with Gasteiger partial charge in [0.2, 0.25) is 0 Å². The van der Waals surface area contributed by atoms with Crippen LogP contribution in [0.4, 0.5) is 22.7 Å². The van der Waals surface area contributed by atoms with Crippen molar-refractivity contribution in [1.29, 1.82) is 0 Å². The van der Waals surface area contributed by atoms with Gasteiger partial charge in [-0.15, -0.1) is 0 Å². The van der Waals surface area contributed by atoms with Crippen LogP contribution >= 0.6 is 0 Å². The number of anilines is 3. The number of pyridine rings is 1. The Hall–Kier alpha value is -3.54. The molecule has 1 atom stereocenters. The molecular weight excluding hydrogens is 376 g/mol. The Morgan fingerprint density at radius 1 is 0.933 bits per heavy atom. The van der Waals surface area contributed by atoms with E-state index in [9.17, 15) is 0 Å². The largest absolute Gasteiger partial charge is 0.497 e. The monoisotopic (exact) mass is 400 g/mol. The van der Waals surface area contributed by atoms with E-state index in [-0.39, 0.29) is 6.04 Å². The number of aliphatic imine (C=N–C) groups is 1. The van der Waals surface area contributed by atoms with E-state index in [1.807, 2.05) is 36.8 Å². The van der Waals surface area contributed by atoms with E-state index in [0.717, 1.165) is 41.5 Å². The SMILES string of the molecule is COc1cc(OC)cc(C(C)N2CN(c3ccncc3)c3cc4c(cc32)CC=N4)c1. The van der Waals surface area contributed by atoms with Gasteiger partial charge < -0.3 is 19.3 Å². The van der Waals surface area contributed by atoms with Gasteiger partial charge in [-0.1, -0.05) is 0 Å². The summed E-state index contributed by atoms with van der Waals surface area (Å²) in [6.07, 6.45) is 6.53. The van der Waals surface area contributed by atoms with Crippen molar-refractivity contribution in [3.63, 3.8) is 0 Å². The molecule has 3 heterocycles. The first-order valence-electron chi connectivity index (χ1n) is 10.0. The lowest BCUT2D eigenvalue weighted by Crippen LogP contribution is -2.30. The van der Waals surface area contributed by atoms with Gasteiger partial charge in [0.25, 0.3) is 0 Å². The van der Waals surface area contributed by atoms with Gasteiger partial charge in [-0.05, 0) is 54.4 Å². The van der Waals surface area contributed by atoms with Gasteiger partial charge in [0, 0.05) is 36.8 Å². The Morgan fingerprint density at radius 2 is 1.67 bits per heavy atom. The van der Waals surface area contributed by atoms with Crippen molar-refractivity contribution < 1.29 is 9.47 Å². The number of rotatable bonds is 5. The molecule has 2 aliphatic heterocycles. The minimum atomic E-state index is 0.125. The minimum absolute atomic E-state index is 0.125. The molecule has 0 bridgehead atoms. The molecule has 6 nitrogen and oxygen atoms in total. The van der Waals surface area contributed by atoms with Gasteiger partial charge in [-0.2, -0.15) is 0 Å². The average molecular weight is 400 g/mol. The summed E-state index contributed by atoms with van der Waals surface area (Å²) in [5, 5.41) is 0. The van der Waals surface area contributed by atoms with Crippen LogP contribution in [0.1, 0.15) is 24.1 Å². The molecule has 0 fully saturated rings. The fourth-order valence-corrected chi connectivity index (χ4v) is 4.21. The maximum atomic E-state index is 5.50. The van der Waals surface area contributed by atoms with Crippen LogP contribution in [0.2, 0.25) is 0 Å². The Kier molecular flexibility index (Phi) is 4.54. The standard InChI is InChI=1S/C24H24N4O2/c1-16(18-10-20(29-2)13-21(11-18)30-3)27-15-28(19-5-7-25-8-6-19)24-14-22-17(4-9-26-22)12-23(24)27/h5-14,16H,4,15H2,1-3H3. The fourth-order valence-electron chi connectivity index (χ4n) is 4.21. The summed E-state index contributed by atoms with van der Waals surface area (Å²) in [6.45, 7) is 2.96. The summed E-state index contributed by atoms with van der Waals surface area (Å²) >= 11 is 0. The molecule has 0 aliphatic carbocycles. The predicted molar refractivity (Wildman–Crippen MR) is 120 cm³/mol. The van der Waals surface area contributed by atoms with E-state index in [0.29, 0.717) is 0 Å². The Morgan fingerprint density at radius 3 is 2.37 bits per heavy atom. The average Bonchev–Trinajstić information content (AvgIpc) is 3.41. The molecule has 152 valence electrons. The number of methoxy groups -OCH3 is 2. The van der Waals surface area contributed by atoms with Gasteiger partial charge >= 0.3 is 0 Å². The van der Waals surface area contributed by atoms with E-state index in [1.54, 1.807) is 14.2 Å². The van der Waals surface area contributed by atoms with Crippen molar-refractivity contribution in [1.82, 2.24) is 4.98 Å². The van der Waals surface area contributed by atoms with E-state index in [4.69, 9.17) is 9.47 Å². The molecule has 2 aromatic carbocycles. The number of hydrogen-bond acceptors (Lipinski definition) is 6. The third-order valence-electron chi connectivity index (χ3n) is 5.91. The first kappa shape index (κ1) is 18.5. The predicted octanol–water partition coefficient (Wildman–Crippen LogP) is 5.03. The number of fused-ring (bicyclic) bond motifs is 2. The first-order valence-corrected chi connectivity index (χ1v) is 10.0. The molecular formula is C24H24N4O2. The van der Waals surface area contributed by atoms with E-state index < -0.39 is 0 Å². The number of nitrogens with zero attached hydrogens (tertiary/aromatic N) is 4. The molecule has 0 saturated heterocycles. The quantitative estimate of drug-likeness (QED) is 0.601. The van der Waals surface area contributed by atoms with Gasteiger partial charge in [-0.3, -0.25) is 9.98 Å². The van der Waals surface area contributed by atoms with Crippen LogP contribution in [-0.2, 0) is 6.42 Å². The first-order chi connectivity index (χ1) is 14.7. The highest BCUT2D eigenvalue weighted by molar-refractivity contribution is 5.89. The molecule has 0 spiro atoms. The van der Waals surface area contributed by atoms with Crippen molar-refractivity contribution in [2.75, 3.05) is 30.7 Å². The Bertz CT molecular complexity index is 1090. The zero-order valence-corrected chi connectivity index (χ0v) is 17.4. The molecule has 0 amide bonds. The summed E-state index contributed by atoms with van der Waals surface area (Å²) in [7, 11) is 3.37. The summed E-state index contributed by atoms with van der Waals surface area (Å²) in [6, 6.07) is 14.8. The lowest BCUT2D eigenvalue weighted by Gasteiger charge is -2.29. The van der Waals surface area contributed by atoms with Crippen LogP contribution in [0.5, 0.6) is 11.5 Å². The van der Waals surface area contributed by atoms with Crippen LogP contribution in [0.3, 0.4) is 0 Å². The highest BCUT2D eigenvalue weighted by atomic mass is 16.5. The normalized spacial score (nSPS) is 15.2. The second-order valence-electron chi connectivity index (χ2n) is 7.55. The van der Waals surface area contributed by atoms with Gasteiger partial charge in [-0.25, -0.2) is 0 Å². The van der Waals surface area contributed by atoms with Crippen molar-refractivity contribution in [2.24, 2.45) is 4.99 Å². The molecule has 0 radical (unpaired) electrons. The number of hydrogen-bond donors (Lipinski definition) is 0. The second kappa shape index (κ2) is 7.37. The highest BCUT2D eigenvalue weighted by Crippen LogP contribution is 2.48. The minimum Gasteiger partial charge on any atom is -0.497 e. The topological polar surface area (TPSA) is 50.2 Å². The molecule has 30 heavy (non-hydrogen) atoms. The molecule has 1 aromatic heterocycles. The van der Waals surface area contributed by atoms with Crippen LogP contribution in [0.25, 0.3) is 0 Å². The lowest BCUT2D eigenvalue weighted by atomic mass is 10.0. The Labute approximate surface area is 176 Å². The summed E-state index contributed by atoms with van der Waals surface area (Å²) in [5.41, 5.74) is 6.97. The maximum absolute atomic E-state index is 5.50. The molecule has 5 rings (SSSR count). The number of aromatic nitrogens is 1.